The van der Waals surface area contributed by atoms with Crippen molar-refractivity contribution in [2.45, 2.75) is 32.1 Å². The van der Waals surface area contributed by atoms with E-state index in [0.29, 0.717) is 16.8 Å². The maximum absolute atomic E-state index is 12.8. The fourth-order valence-corrected chi connectivity index (χ4v) is 2.89. The Hall–Kier alpha value is -2.50. The Morgan fingerprint density at radius 3 is 2.38 bits per heavy atom. The molecule has 2 aromatic rings. The first-order chi connectivity index (χ1) is 11.4. The molecule has 5 nitrogen and oxygen atoms in total. The van der Waals surface area contributed by atoms with Crippen LogP contribution in [0.4, 0.5) is 0 Å². The van der Waals surface area contributed by atoms with Crippen LogP contribution in [0.25, 0.3) is 0 Å². The van der Waals surface area contributed by atoms with Crippen molar-refractivity contribution in [3.63, 3.8) is 0 Å². The van der Waals surface area contributed by atoms with E-state index in [9.17, 15) is 15.0 Å². The maximum Gasteiger partial charge on any atom is 0.279 e. The average molecular weight is 324 g/mol. The van der Waals surface area contributed by atoms with Gasteiger partial charge < -0.3 is 10.2 Å². The van der Waals surface area contributed by atoms with Gasteiger partial charge in [0.1, 0.15) is 0 Å². The molecule has 1 amide bonds. The summed E-state index contributed by atoms with van der Waals surface area (Å²) in [7, 11) is 0. The fraction of sp³-hybridized carbons (Fsp3) is 0.263. The quantitative estimate of drug-likeness (QED) is 0.911. The van der Waals surface area contributed by atoms with Crippen molar-refractivity contribution in [1.29, 1.82) is 0 Å². The van der Waals surface area contributed by atoms with Crippen LogP contribution in [0.3, 0.4) is 0 Å². The van der Waals surface area contributed by atoms with E-state index in [1.165, 1.54) is 0 Å². The Bertz CT molecular complexity index is 771. The van der Waals surface area contributed by atoms with Gasteiger partial charge in [0.25, 0.3) is 5.91 Å². The zero-order chi connectivity index (χ0) is 17.3. The monoisotopic (exact) mass is 324 g/mol. The van der Waals surface area contributed by atoms with E-state index in [1.54, 1.807) is 43.3 Å². The highest BCUT2D eigenvalue weighted by atomic mass is 16.3. The molecule has 1 aliphatic heterocycles. The Balaban J connectivity index is 1.95. The van der Waals surface area contributed by atoms with E-state index in [1.807, 2.05) is 25.1 Å². The topological polar surface area (TPSA) is 73.1 Å². The molecule has 0 aliphatic carbocycles. The lowest BCUT2D eigenvalue weighted by molar-refractivity contribution is -0.167. The summed E-state index contributed by atoms with van der Waals surface area (Å²) in [5.74, 6) is -0.652. The number of aliphatic hydroxyl groups is 2. The van der Waals surface area contributed by atoms with Crippen molar-refractivity contribution in [3.8, 4) is 0 Å². The number of carbonyl (C=O) groups excluding carboxylic acids is 1. The number of rotatable bonds is 3. The molecule has 0 aromatic heterocycles. The van der Waals surface area contributed by atoms with E-state index < -0.39 is 17.7 Å². The molecule has 1 heterocycles. The number of amides is 1. The van der Waals surface area contributed by atoms with Crippen LogP contribution < -0.4 is 0 Å². The molecule has 124 valence electrons. The lowest BCUT2D eigenvalue weighted by Crippen LogP contribution is -2.45. The SMILES string of the molecule is CC1=NN(C(=O)[C@@H](O)c2ccccc2)[C@](O)(c2ccc(C)cc2)C1. The summed E-state index contributed by atoms with van der Waals surface area (Å²) in [6.07, 6.45) is -1.17. The normalized spacial score (nSPS) is 21.5. The predicted octanol–water partition coefficient (Wildman–Crippen LogP) is 2.48. The number of aliphatic hydroxyl groups excluding tert-OH is 1. The number of benzene rings is 2. The molecule has 24 heavy (non-hydrogen) atoms. The van der Waals surface area contributed by atoms with Gasteiger partial charge in [-0.15, -0.1) is 0 Å². The Labute approximate surface area is 140 Å². The van der Waals surface area contributed by atoms with E-state index in [2.05, 4.69) is 5.10 Å². The first-order valence-electron chi connectivity index (χ1n) is 7.82. The van der Waals surface area contributed by atoms with Crippen molar-refractivity contribution in [2.24, 2.45) is 5.10 Å². The van der Waals surface area contributed by atoms with Gasteiger partial charge >= 0.3 is 0 Å². The lowest BCUT2D eigenvalue weighted by Gasteiger charge is -2.32. The van der Waals surface area contributed by atoms with Crippen LogP contribution in [0, 0.1) is 6.92 Å². The van der Waals surface area contributed by atoms with Crippen LogP contribution in [0.1, 0.15) is 36.1 Å². The molecule has 2 aromatic carbocycles. The van der Waals surface area contributed by atoms with Crippen molar-refractivity contribution in [3.05, 3.63) is 71.3 Å². The number of nitrogens with zero attached hydrogens (tertiary/aromatic N) is 2. The van der Waals surface area contributed by atoms with Crippen LogP contribution in [-0.4, -0.2) is 26.8 Å². The van der Waals surface area contributed by atoms with E-state index >= 15 is 0 Å². The molecule has 2 N–H and O–H groups in total. The highest BCUT2D eigenvalue weighted by Gasteiger charge is 2.46. The second kappa shape index (κ2) is 6.19. The second-order valence-electron chi connectivity index (χ2n) is 6.16. The minimum atomic E-state index is -1.58. The minimum absolute atomic E-state index is 0.212. The number of hydrogen-bond donors (Lipinski definition) is 2. The summed E-state index contributed by atoms with van der Waals surface area (Å²) in [5, 5.41) is 26.7. The summed E-state index contributed by atoms with van der Waals surface area (Å²) >= 11 is 0. The van der Waals surface area contributed by atoms with E-state index in [-0.39, 0.29) is 6.42 Å². The third-order valence-corrected chi connectivity index (χ3v) is 4.20. The average Bonchev–Trinajstić information content (AvgIpc) is 2.90. The van der Waals surface area contributed by atoms with Crippen molar-refractivity contribution in [2.75, 3.05) is 0 Å². The third-order valence-electron chi connectivity index (χ3n) is 4.20. The fourth-order valence-electron chi connectivity index (χ4n) is 2.89. The molecule has 0 spiro atoms. The Morgan fingerprint density at radius 2 is 1.75 bits per heavy atom. The molecule has 0 saturated carbocycles. The molecule has 0 fully saturated rings. The molecule has 0 saturated heterocycles. The van der Waals surface area contributed by atoms with Gasteiger partial charge in [0, 0.05) is 17.7 Å². The van der Waals surface area contributed by atoms with Crippen molar-refractivity contribution >= 4 is 11.6 Å². The number of carbonyl (C=O) groups is 1. The first kappa shape index (κ1) is 16.4. The second-order valence-corrected chi connectivity index (χ2v) is 6.16. The van der Waals surface area contributed by atoms with Crippen LogP contribution in [-0.2, 0) is 10.5 Å². The largest absolute Gasteiger partial charge is 0.378 e. The van der Waals surface area contributed by atoms with Gasteiger partial charge in [0.15, 0.2) is 11.8 Å². The number of hydrazone groups is 1. The van der Waals surface area contributed by atoms with Crippen molar-refractivity contribution < 1.29 is 15.0 Å². The van der Waals surface area contributed by atoms with E-state index in [4.69, 9.17) is 0 Å². The summed E-state index contributed by atoms with van der Waals surface area (Å²) in [6.45, 7) is 3.70. The summed E-state index contributed by atoms with van der Waals surface area (Å²) < 4.78 is 0. The van der Waals surface area contributed by atoms with Gasteiger partial charge in [0.05, 0.1) is 0 Å². The van der Waals surface area contributed by atoms with Gasteiger partial charge in [0.2, 0.25) is 0 Å². The zero-order valence-electron chi connectivity index (χ0n) is 13.7. The summed E-state index contributed by atoms with van der Waals surface area (Å²) in [6, 6.07) is 15.9. The molecular formula is C19H20N2O3. The highest BCUT2D eigenvalue weighted by molar-refractivity contribution is 5.91. The molecule has 0 bridgehead atoms. The van der Waals surface area contributed by atoms with Gasteiger partial charge in [-0.3, -0.25) is 4.79 Å². The summed E-state index contributed by atoms with van der Waals surface area (Å²) in [4.78, 5) is 12.8. The Morgan fingerprint density at radius 1 is 1.12 bits per heavy atom. The molecule has 5 heteroatoms. The van der Waals surface area contributed by atoms with E-state index in [0.717, 1.165) is 10.6 Å². The predicted molar refractivity (Wildman–Crippen MR) is 91.0 cm³/mol. The minimum Gasteiger partial charge on any atom is -0.378 e. The van der Waals surface area contributed by atoms with Crippen molar-refractivity contribution in [1.82, 2.24) is 5.01 Å². The highest BCUT2D eigenvalue weighted by Crippen LogP contribution is 2.37. The molecule has 0 unspecified atom stereocenters. The molecular weight excluding hydrogens is 304 g/mol. The molecule has 0 radical (unpaired) electrons. The summed E-state index contributed by atoms with van der Waals surface area (Å²) in [5.41, 5.74) is 1.15. The number of hydrogen-bond acceptors (Lipinski definition) is 4. The third kappa shape index (κ3) is 2.84. The molecule has 1 aliphatic rings. The van der Waals surface area contributed by atoms with Gasteiger partial charge in [-0.25, -0.2) is 0 Å². The standard InChI is InChI=1S/C19H20N2O3/c1-13-8-10-16(11-9-13)19(24)12-14(2)20-21(19)18(23)17(22)15-6-4-3-5-7-15/h3-11,17,22,24H,12H2,1-2H3/t17-,19+/m0/s1. The zero-order valence-corrected chi connectivity index (χ0v) is 13.7. The van der Waals surface area contributed by atoms with Crippen LogP contribution in [0.2, 0.25) is 0 Å². The van der Waals surface area contributed by atoms with Gasteiger partial charge in [-0.2, -0.15) is 10.1 Å². The number of aryl methyl sites for hydroxylation is 1. The molecule has 2 atom stereocenters. The van der Waals surface area contributed by atoms with Gasteiger partial charge in [-0.1, -0.05) is 60.2 Å². The Kier molecular flexibility index (Phi) is 4.22. The van der Waals surface area contributed by atoms with Crippen LogP contribution >= 0.6 is 0 Å². The molecule has 3 rings (SSSR count). The van der Waals surface area contributed by atoms with Gasteiger partial charge in [-0.05, 0) is 19.4 Å². The van der Waals surface area contributed by atoms with Crippen LogP contribution in [0.15, 0.2) is 59.7 Å². The lowest BCUT2D eigenvalue weighted by atomic mass is 9.96. The smallest absolute Gasteiger partial charge is 0.279 e. The first-order valence-corrected chi connectivity index (χ1v) is 7.82. The maximum atomic E-state index is 12.8. The van der Waals surface area contributed by atoms with Crippen LogP contribution in [0.5, 0.6) is 0 Å².